The van der Waals surface area contributed by atoms with E-state index in [0.29, 0.717) is 11.8 Å². The van der Waals surface area contributed by atoms with Crippen molar-refractivity contribution in [2.24, 2.45) is 16.8 Å². The second-order valence-electron chi connectivity index (χ2n) is 5.67. The summed E-state index contributed by atoms with van der Waals surface area (Å²) in [6.07, 6.45) is 1.14. The molecular weight excluding hydrogens is 210 g/mol. The second kappa shape index (κ2) is 4.49. The Bertz CT molecular complexity index is 403. The van der Waals surface area contributed by atoms with Crippen molar-refractivity contribution in [3.8, 4) is 0 Å². The summed E-state index contributed by atoms with van der Waals surface area (Å²) in [5.41, 5.74) is 4.08. The molecule has 1 saturated carbocycles. The van der Waals surface area contributed by atoms with E-state index in [2.05, 4.69) is 55.5 Å². The lowest BCUT2D eigenvalue weighted by Gasteiger charge is -2.15. The molecule has 2 atom stereocenters. The molecule has 1 aromatic carbocycles. The molecule has 0 radical (unpaired) electrons. The fourth-order valence-electron chi connectivity index (χ4n) is 2.15. The first-order valence-electron chi connectivity index (χ1n) is 6.12. The number of hydrogen-bond acceptors (Lipinski definition) is 2. The van der Waals surface area contributed by atoms with E-state index in [0.717, 1.165) is 12.3 Å². The van der Waals surface area contributed by atoms with Crippen molar-refractivity contribution in [3.63, 3.8) is 0 Å². The Morgan fingerprint density at radius 3 is 2.47 bits per heavy atom. The van der Waals surface area contributed by atoms with E-state index in [1.54, 1.807) is 0 Å². The van der Waals surface area contributed by atoms with Crippen molar-refractivity contribution < 1.29 is 0 Å². The van der Waals surface area contributed by atoms with Crippen LogP contribution in [0.25, 0.3) is 0 Å². The predicted octanol–water partition coefficient (Wildman–Crippen LogP) is 2.45. The lowest BCUT2D eigenvalue weighted by Crippen LogP contribution is -2.34. The van der Waals surface area contributed by atoms with Crippen LogP contribution < -0.4 is 11.3 Å². The van der Waals surface area contributed by atoms with Gasteiger partial charge in [-0.05, 0) is 38.7 Å². The quantitative estimate of drug-likeness (QED) is 0.355. The van der Waals surface area contributed by atoms with Crippen LogP contribution in [0.5, 0.6) is 0 Å². The summed E-state index contributed by atoms with van der Waals surface area (Å²) in [5.74, 6) is 7.55. The molecule has 0 bridgehead atoms. The average Bonchev–Trinajstić information content (AvgIpc) is 3.06. The first kappa shape index (κ1) is 12.1. The molecule has 1 aromatic rings. The molecule has 17 heavy (non-hydrogen) atoms. The molecule has 0 heterocycles. The van der Waals surface area contributed by atoms with Gasteiger partial charge in [-0.3, -0.25) is 4.99 Å². The van der Waals surface area contributed by atoms with Crippen LogP contribution in [0.2, 0.25) is 0 Å². The highest BCUT2D eigenvalue weighted by molar-refractivity contribution is 5.88. The molecule has 0 amide bonds. The van der Waals surface area contributed by atoms with Crippen molar-refractivity contribution in [1.29, 1.82) is 0 Å². The van der Waals surface area contributed by atoms with E-state index < -0.39 is 0 Å². The second-order valence-corrected chi connectivity index (χ2v) is 5.67. The maximum atomic E-state index is 5.58. The Balaban J connectivity index is 2.09. The van der Waals surface area contributed by atoms with Crippen molar-refractivity contribution >= 4 is 5.84 Å². The van der Waals surface area contributed by atoms with Gasteiger partial charge >= 0.3 is 0 Å². The van der Waals surface area contributed by atoms with Crippen LogP contribution in [-0.2, 0) is 0 Å². The summed E-state index contributed by atoms with van der Waals surface area (Å²) < 4.78 is 0. The molecule has 0 spiro atoms. The third kappa shape index (κ3) is 3.07. The van der Waals surface area contributed by atoms with Gasteiger partial charge in [0.05, 0.1) is 5.54 Å². The van der Waals surface area contributed by atoms with E-state index in [1.165, 1.54) is 5.56 Å². The number of hydrogen-bond donors (Lipinski definition) is 2. The van der Waals surface area contributed by atoms with Crippen LogP contribution in [0.1, 0.15) is 38.7 Å². The van der Waals surface area contributed by atoms with Gasteiger partial charge in [0.1, 0.15) is 5.84 Å². The molecule has 0 saturated heterocycles. The molecule has 2 unspecified atom stereocenters. The number of hydrazine groups is 1. The molecule has 3 nitrogen and oxygen atoms in total. The van der Waals surface area contributed by atoms with E-state index in [1.807, 2.05) is 6.07 Å². The number of aliphatic imine (C=N–C) groups is 1. The minimum absolute atomic E-state index is 0.0778. The normalized spacial score (nSPS) is 24.6. The Morgan fingerprint density at radius 1 is 1.29 bits per heavy atom. The van der Waals surface area contributed by atoms with Gasteiger partial charge < -0.3 is 5.43 Å². The zero-order valence-electron chi connectivity index (χ0n) is 10.8. The minimum Gasteiger partial charge on any atom is -0.312 e. The van der Waals surface area contributed by atoms with Crippen LogP contribution in [0.15, 0.2) is 35.3 Å². The number of nitrogens with zero attached hydrogens (tertiary/aromatic N) is 1. The Hall–Kier alpha value is -1.35. The fraction of sp³-hybridized carbons (Fsp3) is 0.500. The van der Waals surface area contributed by atoms with Gasteiger partial charge in [0.25, 0.3) is 0 Å². The average molecular weight is 231 g/mol. The van der Waals surface area contributed by atoms with E-state index >= 15 is 0 Å². The number of amidine groups is 1. The Morgan fingerprint density at radius 2 is 1.94 bits per heavy atom. The van der Waals surface area contributed by atoms with Crippen LogP contribution in [0.4, 0.5) is 0 Å². The molecule has 92 valence electrons. The number of nitrogens with two attached hydrogens (primary N) is 1. The summed E-state index contributed by atoms with van der Waals surface area (Å²) in [5, 5.41) is 0. The van der Waals surface area contributed by atoms with Crippen LogP contribution >= 0.6 is 0 Å². The smallest absolute Gasteiger partial charge is 0.115 e. The summed E-state index contributed by atoms with van der Waals surface area (Å²) in [4.78, 5) is 4.65. The van der Waals surface area contributed by atoms with Gasteiger partial charge in [0, 0.05) is 5.92 Å². The lowest BCUT2D eigenvalue weighted by atomic mass is 10.1. The first-order valence-corrected chi connectivity index (χ1v) is 6.12. The maximum absolute atomic E-state index is 5.58. The van der Waals surface area contributed by atoms with Crippen molar-refractivity contribution in [2.45, 2.75) is 38.6 Å². The van der Waals surface area contributed by atoms with Crippen LogP contribution in [0.3, 0.4) is 0 Å². The summed E-state index contributed by atoms with van der Waals surface area (Å²) in [6, 6.07) is 10.6. The maximum Gasteiger partial charge on any atom is 0.115 e. The fourth-order valence-corrected chi connectivity index (χ4v) is 2.15. The SMILES string of the molecule is CC(C)(C)N=C(NN)C1CC1c1ccccc1. The zero-order valence-corrected chi connectivity index (χ0v) is 10.8. The van der Waals surface area contributed by atoms with Gasteiger partial charge in [-0.2, -0.15) is 0 Å². The van der Waals surface area contributed by atoms with Crippen LogP contribution in [0, 0.1) is 5.92 Å². The summed E-state index contributed by atoms with van der Waals surface area (Å²) in [7, 11) is 0. The molecule has 1 aliphatic carbocycles. The van der Waals surface area contributed by atoms with Crippen LogP contribution in [-0.4, -0.2) is 11.4 Å². The monoisotopic (exact) mass is 231 g/mol. The van der Waals surface area contributed by atoms with E-state index in [4.69, 9.17) is 5.84 Å². The molecule has 0 aromatic heterocycles. The van der Waals surface area contributed by atoms with Gasteiger partial charge in [0.2, 0.25) is 0 Å². The number of benzene rings is 1. The highest BCUT2D eigenvalue weighted by Crippen LogP contribution is 2.47. The Labute approximate surface area is 103 Å². The molecule has 3 heteroatoms. The molecule has 1 fully saturated rings. The highest BCUT2D eigenvalue weighted by atomic mass is 15.3. The summed E-state index contributed by atoms with van der Waals surface area (Å²) in [6.45, 7) is 6.26. The predicted molar refractivity (Wildman–Crippen MR) is 71.8 cm³/mol. The van der Waals surface area contributed by atoms with Crippen molar-refractivity contribution in [1.82, 2.24) is 5.43 Å². The van der Waals surface area contributed by atoms with Gasteiger partial charge in [-0.15, -0.1) is 0 Å². The molecule has 3 N–H and O–H groups in total. The topological polar surface area (TPSA) is 50.4 Å². The highest BCUT2D eigenvalue weighted by Gasteiger charge is 2.42. The third-order valence-electron chi connectivity index (χ3n) is 2.97. The van der Waals surface area contributed by atoms with Gasteiger partial charge in [0.15, 0.2) is 0 Å². The number of rotatable bonds is 2. The first-order chi connectivity index (χ1) is 8.01. The largest absolute Gasteiger partial charge is 0.312 e. The van der Waals surface area contributed by atoms with Crippen molar-refractivity contribution in [2.75, 3.05) is 0 Å². The minimum atomic E-state index is -0.0778. The van der Waals surface area contributed by atoms with Gasteiger partial charge in [-0.25, -0.2) is 5.84 Å². The van der Waals surface area contributed by atoms with Gasteiger partial charge in [-0.1, -0.05) is 30.3 Å². The molecule has 2 rings (SSSR count). The zero-order chi connectivity index (χ0) is 12.5. The lowest BCUT2D eigenvalue weighted by molar-refractivity contribution is 0.575. The van der Waals surface area contributed by atoms with E-state index in [9.17, 15) is 0 Å². The molecule has 1 aliphatic rings. The van der Waals surface area contributed by atoms with E-state index in [-0.39, 0.29) is 5.54 Å². The third-order valence-corrected chi connectivity index (χ3v) is 2.97. The standard InChI is InChI=1S/C14H21N3/c1-14(2,3)16-13(17-15)12-9-11(12)10-7-5-4-6-8-10/h4-8,11-12H,9,15H2,1-3H3,(H,16,17). The number of nitrogens with one attached hydrogen (secondary N) is 1. The Kier molecular flexibility index (Phi) is 3.20. The van der Waals surface area contributed by atoms with Crippen molar-refractivity contribution in [3.05, 3.63) is 35.9 Å². The molecule has 0 aliphatic heterocycles. The summed E-state index contributed by atoms with van der Waals surface area (Å²) >= 11 is 0. The molecular formula is C14H21N3.